The summed E-state index contributed by atoms with van der Waals surface area (Å²) in [6.07, 6.45) is -3.42. The lowest BCUT2D eigenvalue weighted by molar-refractivity contribution is -0.140. The van der Waals surface area contributed by atoms with Crippen LogP contribution in [0.2, 0.25) is 0 Å². The van der Waals surface area contributed by atoms with Crippen molar-refractivity contribution in [2.75, 3.05) is 53.0 Å². The van der Waals surface area contributed by atoms with Gasteiger partial charge < -0.3 is 30.3 Å². The quantitative estimate of drug-likeness (QED) is 0.235. The van der Waals surface area contributed by atoms with Crippen molar-refractivity contribution in [2.24, 2.45) is 5.92 Å². The fourth-order valence-corrected chi connectivity index (χ4v) is 5.73. The number of amidine groups is 1. The summed E-state index contributed by atoms with van der Waals surface area (Å²) in [7, 11) is 1.72. The van der Waals surface area contributed by atoms with Gasteiger partial charge in [0.2, 0.25) is 5.91 Å². The van der Waals surface area contributed by atoms with Crippen molar-refractivity contribution < 1.29 is 32.2 Å². The number of alkyl halides is 3. The summed E-state index contributed by atoms with van der Waals surface area (Å²) in [4.78, 5) is 17.2. The Morgan fingerprint density at radius 3 is 2.41 bits per heavy atom. The number of nitrogens with zero attached hydrogens (tertiary/aromatic N) is 2. The molecule has 8 nitrogen and oxygen atoms in total. The summed E-state index contributed by atoms with van der Waals surface area (Å²) < 4.78 is 59.3. The number of aliphatic hydroxyl groups is 1. The number of carbonyl (C=O) groups is 1. The molecule has 4 N–H and O–H groups in total. The maximum atomic E-state index is 14.5. The fourth-order valence-electron chi connectivity index (χ4n) is 5.73. The Labute approximate surface area is 225 Å². The van der Waals surface area contributed by atoms with E-state index in [0.717, 1.165) is 24.5 Å². The molecule has 0 spiro atoms. The maximum absolute atomic E-state index is 14.5. The third kappa shape index (κ3) is 6.55. The van der Waals surface area contributed by atoms with Gasteiger partial charge >= 0.3 is 6.18 Å². The molecule has 2 heterocycles. The van der Waals surface area contributed by atoms with Gasteiger partial charge in [0.1, 0.15) is 11.7 Å². The van der Waals surface area contributed by atoms with Crippen molar-refractivity contribution in [3.8, 4) is 0 Å². The molecule has 1 aromatic carbocycles. The average molecular weight is 556 g/mol. The molecule has 3 aliphatic rings. The van der Waals surface area contributed by atoms with Crippen molar-refractivity contribution in [2.45, 2.75) is 50.4 Å². The SMILES string of the molecule is CNC1=C(C(=N)N2CCN(C(=O)[C@H](CNC3CCOCC3)c3ccc(C(F)(F)F)c(F)c3)CC2)[C@H](C)C[C@@H]1O. The van der Waals surface area contributed by atoms with Crippen LogP contribution in [0.4, 0.5) is 17.6 Å². The zero-order valence-corrected chi connectivity index (χ0v) is 22.3. The number of piperazine rings is 1. The van der Waals surface area contributed by atoms with Gasteiger partial charge in [0.25, 0.3) is 0 Å². The van der Waals surface area contributed by atoms with E-state index in [9.17, 15) is 27.5 Å². The van der Waals surface area contributed by atoms with Gasteiger partial charge in [-0.3, -0.25) is 10.2 Å². The fraction of sp³-hybridized carbons (Fsp3) is 0.630. The Balaban J connectivity index is 1.48. The minimum atomic E-state index is -4.82. The van der Waals surface area contributed by atoms with E-state index < -0.39 is 29.6 Å². The van der Waals surface area contributed by atoms with Gasteiger partial charge in [0.15, 0.2) is 0 Å². The van der Waals surface area contributed by atoms with Crippen LogP contribution in [0.15, 0.2) is 29.5 Å². The van der Waals surface area contributed by atoms with Crippen molar-refractivity contribution >= 4 is 11.7 Å². The number of ether oxygens (including phenoxy) is 1. The van der Waals surface area contributed by atoms with Crippen molar-refractivity contribution in [3.05, 3.63) is 46.4 Å². The summed E-state index contributed by atoms with van der Waals surface area (Å²) in [6.45, 7) is 4.73. The van der Waals surface area contributed by atoms with Gasteiger partial charge in [-0.2, -0.15) is 13.2 Å². The molecule has 0 aromatic heterocycles. The van der Waals surface area contributed by atoms with E-state index in [1.54, 1.807) is 11.9 Å². The molecule has 0 saturated carbocycles. The molecule has 4 rings (SSSR count). The Bertz CT molecular complexity index is 1080. The highest BCUT2D eigenvalue weighted by Crippen LogP contribution is 2.34. The number of carbonyl (C=O) groups excluding carboxylic acids is 1. The zero-order chi connectivity index (χ0) is 28.3. The number of likely N-dealkylation sites (N-methyl/N-ethyl adjacent to an activating group) is 1. The number of halogens is 4. The van der Waals surface area contributed by atoms with Gasteiger partial charge in [-0.15, -0.1) is 0 Å². The average Bonchev–Trinajstić information content (AvgIpc) is 3.20. The van der Waals surface area contributed by atoms with E-state index in [-0.39, 0.29) is 30.0 Å². The highest BCUT2D eigenvalue weighted by Gasteiger charge is 2.37. The summed E-state index contributed by atoms with van der Waals surface area (Å²) in [5.74, 6) is -2.22. The van der Waals surface area contributed by atoms with E-state index in [0.29, 0.717) is 63.4 Å². The lowest BCUT2D eigenvalue weighted by atomic mass is 9.94. The predicted molar refractivity (Wildman–Crippen MR) is 138 cm³/mol. The molecule has 1 aliphatic carbocycles. The van der Waals surface area contributed by atoms with Crippen LogP contribution in [0.25, 0.3) is 0 Å². The molecule has 0 bridgehead atoms. The van der Waals surface area contributed by atoms with Crippen LogP contribution in [0, 0.1) is 17.1 Å². The van der Waals surface area contributed by atoms with Crippen LogP contribution in [0.1, 0.15) is 43.2 Å². The third-order valence-electron chi connectivity index (χ3n) is 7.96. The van der Waals surface area contributed by atoms with Crippen LogP contribution in [0.3, 0.4) is 0 Å². The van der Waals surface area contributed by atoms with E-state index in [2.05, 4.69) is 10.6 Å². The number of hydrogen-bond acceptors (Lipinski definition) is 6. The summed E-state index contributed by atoms with van der Waals surface area (Å²) >= 11 is 0. The van der Waals surface area contributed by atoms with Gasteiger partial charge in [-0.1, -0.05) is 13.0 Å². The number of nitrogens with one attached hydrogen (secondary N) is 3. The van der Waals surface area contributed by atoms with Crippen LogP contribution < -0.4 is 10.6 Å². The number of aliphatic hydroxyl groups excluding tert-OH is 1. The molecule has 1 amide bonds. The first kappa shape index (κ1) is 29.3. The standard InChI is InChI=1S/C27H37F4N5O3/c1-16-13-22(37)24(33-2)23(16)25(32)35-7-9-36(10-8-35)26(38)19(15-34-18-5-11-39-12-6-18)17-3-4-20(21(28)14-17)27(29,30)31/h3-4,14,16,18-19,22,32-34,37H,5-13,15H2,1-2H3/t16-,19-,22+/m1/s1. The Morgan fingerprint density at radius 1 is 1.18 bits per heavy atom. The van der Waals surface area contributed by atoms with Gasteiger partial charge in [-0.05, 0) is 42.9 Å². The molecule has 2 aliphatic heterocycles. The van der Waals surface area contributed by atoms with Crippen LogP contribution in [-0.2, 0) is 15.7 Å². The molecule has 12 heteroatoms. The minimum Gasteiger partial charge on any atom is -0.389 e. The van der Waals surface area contributed by atoms with Crippen LogP contribution in [0.5, 0.6) is 0 Å². The number of hydrogen-bond donors (Lipinski definition) is 4. The van der Waals surface area contributed by atoms with E-state index in [1.807, 2.05) is 11.8 Å². The van der Waals surface area contributed by atoms with Gasteiger partial charge in [0.05, 0.1) is 17.6 Å². The van der Waals surface area contributed by atoms with E-state index >= 15 is 0 Å². The van der Waals surface area contributed by atoms with E-state index in [4.69, 9.17) is 10.1 Å². The number of benzene rings is 1. The molecule has 1 aromatic rings. The Morgan fingerprint density at radius 2 is 1.82 bits per heavy atom. The largest absolute Gasteiger partial charge is 0.419 e. The second kappa shape index (κ2) is 12.2. The minimum absolute atomic E-state index is 0.0184. The van der Waals surface area contributed by atoms with Crippen LogP contribution >= 0.6 is 0 Å². The Hall–Kier alpha value is -2.70. The smallest absolute Gasteiger partial charge is 0.389 e. The molecular formula is C27H37F4N5O3. The first-order valence-corrected chi connectivity index (χ1v) is 13.4. The summed E-state index contributed by atoms with van der Waals surface area (Å²) in [6, 6.07) is 2.80. The zero-order valence-electron chi connectivity index (χ0n) is 22.3. The maximum Gasteiger partial charge on any atom is 0.419 e. The summed E-state index contributed by atoms with van der Waals surface area (Å²) in [5.41, 5.74) is 0.249. The first-order valence-electron chi connectivity index (χ1n) is 13.4. The van der Waals surface area contributed by atoms with E-state index in [1.165, 1.54) is 6.07 Å². The molecule has 2 fully saturated rings. The number of rotatable bonds is 7. The molecule has 3 atom stereocenters. The van der Waals surface area contributed by atoms with Crippen molar-refractivity contribution in [1.29, 1.82) is 5.41 Å². The lowest BCUT2D eigenvalue weighted by Crippen LogP contribution is -2.53. The third-order valence-corrected chi connectivity index (χ3v) is 7.96. The van der Waals surface area contributed by atoms with Crippen molar-refractivity contribution in [3.63, 3.8) is 0 Å². The number of amides is 1. The molecule has 2 saturated heterocycles. The second-order valence-corrected chi connectivity index (χ2v) is 10.5. The van der Waals surface area contributed by atoms with Gasteiger partial charge in [0, 0.05) is 70.3 Å². The monoisotopic (exact) mass is 555 g/mol. The highest BCUT2D eigenvalue weighted by molar-refractivity contribution is 5.98. The first-order chi connectivity index (χ1) is 18.5. The molecule has 216 valence electrons. The highest BCUT2D eigenvalue weighted by atomic mass is 19.4. The summed E-state index contributed by atoms with van der Waals surface area (Å²) in [5, 5.41) is 25.4. The second-order valence-electron chi connectivity index (χ2n) is 10.5. The van der Waals surface area contributed by atoms with Gasteiger partial charge in [-0.25, -0.2) is 4.39 Å². The topological polar surface area (TPSA) is 101 Å². The molecule has 0 radical (unpaired) electrons. The van der Waals surface area contributed by atoms with Crippen molar-refractivity contribution in [1.82, 2.24) is 20.4 Å². The molecular weight excluding hydrogens is 518 g/mol. The molecule has 39 heavy (non-hydrogen) atoms. The lowest BCUT2D eigenvalue weighted by Gasteiger charge is -2.38. The predicted octanol–water partition coefficient (Wildman–Crippen LogP) is 2.69. The normalized spacial score (nSPS) is 23.8. The molecule has 0 unspecified atom stereocenters. The Kier molecular flexibility index (Phi) is 9.18. The van der Waals surface area contributed by atoms with Crippen LogP contribution in [-0.4, -0.2) is 91.8 Å².